The number of benzene rings is 3. The summed E-state index contributed by atoms with van der Waals surface area (Å²) in [7, 11) is 3.24. The highest BCUT2D eigenvalue weighted by atomic mass is 35.5. The maximum atomic E-state index is 13.5. The van der Waals surface area contributed by atoms with Crippen molar-refractivity contribution in [2.24, 2.45) is 0 Å². The van der Waals surface area contributed by atoms with Crippen molar-refractivity contribution in [3.05, 3.63) is 95.1 Å². The maximum Gasteiger partial charge on any atom is 0.245 e. The smallest absolute Gasteiger partial charge is 0.245 e. The minimum absolute atomic E-state index is 0.0794. The molecule has 0 saturated carbocycles. The molecular formula is C29H34ClNO3. The van der Waals surface area contributed by atoms with Gasteiger partial charge < -0.3 is 14.4 Å². The van der Waals surface area contributed by atoms with Crippen LogP contribution in [0.5, 0.6) is 11.5 Å². The van der Waals surface area contributed by atoms with E-state index in [1.807, 2.05) is 53.4 Å². The summed E-state index contributed by atoms with van der Waals surface area (Å²) in [5, 5.41) is -0.736. The predicted octanol–water partition coefficient (Wildman–Crippen LogP) is 6.55. The minimum atomic E-state index is -0.736. The molecule has 0 aromatic heterocycles. The molecule has 0 fully saturated rings. The maximum absolute atomic E-state index is 13.5. The fourth-order valence-corrected chi connectivity index (χ4v) is 4.11. The molecule has 4 nitrogen and oxygen atoms in total. The van der Waals surface area contributed by atoms with Crippen molar-refractivity contribution in [1.29, 1.82) is 0 Å². The summed E-state index contributed by atoms with van der Waals surface area (Å²) in [6, 6.07) is 23.8. The van der Waals surface area contributed by atoms with Crippen LogP contribution in [-0.4, -0.2) is 31.6 Å². The van der Waals surface area contributed by atoms with Crippen LogP contribution in [0.3, 0.4) is 0 Å². The highest BCUT2D eigenvalue weighted by molar-refractivity contribution is 6.30. The number of alkyl halides is 1. The molecule has 0 aliphatic carbocycles. The molecule has 0 heterocycles. The van der Waals surface area contributed by atoms with Gasteiger partial charge in [0.25, 0.3) is 0 Å². The lowest BCUT2D eigenvalue weighted by Crippen LogP contribution is -2.35. The minimum Gasteiger partial charge on any atom is -0.493 e. The van der Waals surface area contributed by atoms with E-state index in [1.54, 1.807) is 14.2 Å². The summed E-state index contributed by atoms with van der Waals surface area (Å²) in [5.74, 6) is 1.26. The van der Waals surface area contributed by atoms with Crippen LogP contribution in [0, 0.1) is 0 Å². The lowest BCUT2D eigenvalue weighted by Gasteiger charge is -2.26. The van der Waals surface area contributed by atoms with Gasteiger partial charge in [-0.15, -0.1) is 11.6 Å². The molecule has 0 aliphatic rings. The number of hydrogen-bond donors (Lipinski definition) is 0. The fourth-order valence-electron chi connectivity index (χ4n) is 3.82. The van der Waals surface area contributed by atoms with Crippen LogP contribution in [0.4, 0.5) is 0 Å². The van der Waals surface area contributed by atoms with Gasteiger partial charge in [-0.2, -0.15) is 0 Å². The second-order valence-corrected chi connectivity index (χ2v) is 9.86. The molecular weight excluding hydrogens is 446 g/mol. The Morgan fingerprint density at radius 3 is 2.09 bits per heavy atom. The Morgan fingerprint density at radius 1 is 0.882 bits per heavy atom. The van der Waals surface area contributed by atoms with Crippen molar-refractivity contribution in [2.45, 2.75) is 44.5 Å². The lowest BCUT2D eigenvalue weighted by atomic mass is 9.87. The van der Waals surface area contributed by atoms with Gasteiger partial charge in [-0.3, -0.25) is 4.79 Å². The molecule has 0 spiro atoms. The average molecular weight is 480 g/mol. The Morgan fingerprint density at radius 2 is 1.50 bits per heavy atom. The van der Waals surface area contributed by atoms with Crippen LogP contribution in [0.15, 0.2) is 72.8 Å². The van der Waals surface area contributed by atoms with Crippen LogP contribution in [0.25, 0.3) is 0 Å². The Kier molecular flexibility index (Phi) is 8.62. The Labute approximate surface area is 208 Å². The van der Waals surface area contributed by atoms with Gasteiger partial charge in [-0.25, -0.2) is 0 Å². The Bertz CT molecular complexity index is 1070. The van der Waals surface area contributed by atoms with E-state index >= 15 is 0 Å². The first-order valence-electron chi connectivity index (χ1n) is 11.5. The normalized spacial score (nSPS) is 12.2. The van der Waals surface area contributed by atoms with E-state index in [2.05, 4.69) is 45.0 Å². The highest BCUT2D eigenvalue weighted by Gasteiger charge is 2.24. The molecule has 180 valence electrons. The summed E-state index contributed by atoms with van der Waals surface area (Å²) in [4.78, 5) is 15.3. The average Bonchev–Trinajstić information content (AvgIpc) is 2.85. The van der Waals surface area contributed by atoms with Crippen molar-refractivity contribution in [1.82, 2.24) is 4.90 Å². The topological polar surface area (TPSA) is 38.8 Å². The van der Waals surface area contributed by atoms with Crippen LogP contribution in [-0.2, 0) is 23.2 Å². The van der Waals surface area contributed by atoms with Crippen LogP contribution >= 0.6 is 11.6 Å². The zero-order valence-electron chi connectivity index (χ0n) is 20.7. The third-order valence-electron chi connectivity index (χ3n) is 5.93. The molecule has 34 heavy (non-hydrogen) atoms. The Balaban J connectivity index is 1.82. The fraction of sp³-hybridized carbons (Fsp3) is 0.345. The van der Waals surface area contributed by atoms with Crippen molar-refractivity contribution < 1.29 is 14.3 Å². The molecule has 1 unspecified atom stereocenters. The molecule has 1 atom stereocenters. The van der Waals surface area contributed by atoms with Crippen molar-refractivity contribution in [3.63, 3.8) is 0 Å². The molecule has 5 heteroatoms. The monoisotopic (exact) mass is 479 g/mol. The van der Waals surface area contributed by atoms with E-state index in [-0.39, 0.29) is 11.3 Å². The van der Waals surface area contributed by atoms with Gasteiger partial charge in [0.15, 0.2) is 11.5 Å². The highest BCUT2D eigenvalue weighted by Crippen LogP contribution is 2.29. The summed E-state index contributed by atoms with van der Waals surface area (Å²) in [6.07, 6.45) is 0.671. The first-order chi connectivity index (χ1) is 16.2. The van der Waals surface area contributed by atoms with Gasteiger partial charge in [0.05, 0.1) is 14.2 Å². The second-order valence-electron chi connectivity index (χ2n) is 9.42. The first kappa shape index (κ1) is 25.6. The molecule has 0 aliphatic heterocycles. The van der Waals surface area contributed by atoms with Crippen molar-refractivity contribution in [2.75, 3.05) is 20.8 Å². The van der Waals surface area contributed by atoms with Gasteiger partial charge in [-0.1, -0.05) is 81.4 Å². The number of carbonyl (C=O) groups excluding carboxylic acids is 1. The third kappa shape index (κ3) is 6.54. The van der Waals surface area contributed by atoms with Crippen LogP contribution < -0.4 is 9.47 Å². The molecule has 0 bridgehead atoms. The van der Waals surface area contributed by atoms with Gasteiger partial charge in [0.1, 0.15) is 5.38 Å². The second kappa shape index (κ2) is 11.4. The van der Waals surface area contributed by atoms with E-state index in [0.29, 0.717) is 31.0 Å². The van der Waals surface area contributed by atoms with E-state index < -0.39 is 5.38 Å². The summed E-state index contributed by atoms with van der Waals surface area (Å²) >= 11 is 6.64. The number of ether oxygens (including phenoxy) is 2. The molecule has 1 amide bonds. The number of methoxy groups -OCH3 is 2. The molecule has 0 N–H and O–H groups in total. The van der Waals surface area contributed by atoms with Crippen molar-refractivity contribution >= 4 is 17.5 Å². The number of rotatable bonds is 9. The van der Waals surface area contributed by atoms with E-state index in [4.69, 9.17) is 21.1 Å². The molecule has 3 rings (SSSR count). The zero-order valence-corrected chi connectivity index (χ0v) is 21.4. The van der Waals surface area contributed by atoms with Gasteiger partial charge >= 0.3 is 0 Å². The predicted molar refractivity (Wildman–Crippen MR) is 139 cm³/mol. The largest absolute Gasteiger partial charge is 0.493 e. The third-order valence-corrected chi connectivity index (χ3v) is 6.37. The first-order valence-corrected chi connectivity index (χ1v) is 11.9. The SMILES string of the molecule is COc1ccc(CCN(Cc2ccc(C(C)(C)C)cc2)C(=O)C(Cl)c2ccccc2)cc1OC. The number of carbonyl (C=O) groups is 1. The zero-order chi connectivity index (χ0) is 24.7. The number of halogens is 1. The molecule has 0 radical (unpaired) electrons. The van der Waals surface area contributed by atoms with Crippen molar-refractivity contribution in [3.8, 4) is 11.5 Å². The van der Waals surface area contributed by atoms with Gasteiger partial charge in [-0.05, 0) is 46.2 Å². The molecule has 3 aromatic rings. The van der Waals surface area contributed by atoms with Gasteiger partial charge in [0, 0.05) is 13.1 Å². The summed E-state index contributed by atoms with van der Waals surface area (Å²) in [6.45, 7) is 7.61. The quantitative estimate of drug-likeness (QED) is 0.326. The number of hydrogen-bond acceptors (Lipinski definition) is 3. The lowest BCUT2D eigenvalue weighted by molar-refractivity contribution is -0.131. The summed E-state index contributed by atoms with van der Waals surface area (Å²) < 4.78 is 10.8. The number of nitrogens with zero attached hydrogens (tertiary/aromatic N) is 1. The van der Waals surface area contributed by atoms with Gasteiger partial charge in [0.2, 0.25) is 5.91 Å². The Hall–Kier alpha value is -2.98. The standard InChI is InChI=1S/C29H34ClNO3/c1-29(2,3)24-14-11-22(12-15-24)20-31(28(32)27(30)23-9-7-6-8-10-23)18-17-21-13-16-25(33-4)26(19-21)34-5/h6-16,19,27H,17-18,20H2,1-5H3. The molecule has 0 saturated heterocycles. The van der Waals surface area contributed by atoms with E-state index in [1.165, 1.54) is 5.56 Å². The van der Waals surface area contributed by atoms with Crippen LogP contribution in [0.2, 0.25) is 0 Å². The summed E-state index contributed by atoms with van der Waals surface area (Å²) in [5.41, 5.74) is 4.28. The molecule has 3 aromatic carbocycles. The van der Waals surface area contributed by atoms with E-state index in [0.717, 1.165) is 16.7 Å². The number of amides is 1. The van der Waals surface area contributed by atoms with E-state index in [9.17, 15) is 4.79 Å². The van der Waals surface area contributed by atoms with Crippen LogP contribution in [0.1, 0.15) is 48.4 Å².